The molecule has 29 heavy (non-hydrogen) atoms. The number of hydrogen-bond acceptors (Lipinski definition) is 3. The van der Waals surface area contributed by atoms with E-state index >= 15 is 0 Å². The molecule has 2 atom stereocenters. The first-order valence-corrected chi connectivity index (χ1v) is 11.0. The van der Waals surface area contributed by atoms with Gasteiger partial charge in [-0.1, -0.05) is 30.3 Å². The van der Waals surface area contributed by atoms with Gasteiger partial charge in [-0.15, -0.1) is 0 Å². The Morgan fingerprint density at radius 3 is 2.59 bits per heavy atom. The molecule has 0 bridgehead atoms. The molecule has 4 nitrogen and oxygen atoms in total. The van der Waals surface area contributed by atoms with Gasteiger partial charge in [-0.3, -0.25) is 4.79 Å². The molecule has 2 unspecified atom stereocenters. The Morgan fingerprint density at radius 1 is 1.07 bits per heavy atom. The summed E-state index contributed by atoms with van der Waals surface area (Å²) in [6, 6.07) is 16.7. The second-order valence-electron chi connectivity index (χ2n) is 8.28. The first-order valence-electron chi connectivity index (χ1n) is 11.0. The fraction of sp³-hybridized carbons (Fsp3) is 0.480. The lowest BCUT2D eigenvalue weighted by Gasteiger charge is -2.42. The van der Waals surface area contributed by atoms with Crippen LogP contribution in [0.15, 0.2) is 48.5 Å². The highest BCUT2D eigenvalue weighted by Gasteiger charge is 2.41. The van der Waals surface area contributed by atoms with Crippen molar-refractivity contribution in [3.8, 4) is 5.75 Å². The molecule has 0 aliphatic carbocycles. The van der Waals surface area contributed by atoms with E-state index in [9.17, 15) is 4.79 Å². The quantitative estimate of drug-likeness (QED) is 0.827. The van der Waals surface area contributed by atoms with Crippen LogP contribution in [-0.4, -0.2) is 42.6 Å². The van der Waals surface area contributed by atoms with E-state index in [0.717, 1.165) is 63.2 Å². The third kappa shape index (κ3) is 4.04. The number of para-hydroxylation sites is 1. The molecular formula is C25H32N2O2. The van der Waals surface area contributed by atoms with Crippen molar-refractivity contribution in [1.82, 2.24) is 10.2 Å². The van der Waals surface area contributed by atoms with Crippen molar-refractivity contribution in [2.75, 3.05) is 26.2 Å². The van der Waals surface area contributed by atoms with E-state index in [4.69, 9.17) is 4.74 Å². The van der Waals surface area contributed by atoms with E-state index in [-0.39, 0.29) is 11.5 Å². The van der Waals surface area contributed by atoms with Crippen LogP contribution in [0.2, 0.25) is 0 Å². The van der Waals surface area contributed by atoms with Crippen molar-refractivity contribution in [1.29, 1.82) is 0 Å². The van der Waals surface area contributed by atoms with Gasteiger partial charge < -0.3 is 15.0 Å². The van der Waals surface area contributed by atoms with Crippen molar-refractivity contribution in [3.63, 3.8) is 0 Å². The SMILES string of the molecule is CCN(CC)C(=O)c1ccc(C2CC3(CCCNCC3)Oc3ccccc32)cc1. The van der Waals surface area contributed by atoms with E-state index in [0.29, 0.717) is 5.92 Å². The highest BCUT2D eigenvalue weighted by Crippen LogP contribution is 2.47. The van der Waals surface area contributed by atoms with Crippen LogP contribution in [0.25, 0.3) is 0 Å². The van der Waals surface area contributed by atoms with E-state index in [2.05, 4.69) is 41.7 Å². The zero-order chi connectivity index (χ0) is 20.3. The number of benzene rings is 2. The van der Waals surface area contributed by atoms with Crippen molar-refractivity contribution in [2.45, 2.75) is 51.0 Å². The fourth-order valence-corrected chi connectivity index (χ4v) is 4.87. The van der Waals surface area contributed by atoms with Crippen LogP contribution in [-0.2, 0) is 0 Å². The Bertz CT molecular complexity index is 834. The first kappa shape index (κ1) is 20.0. The first-order chi connectivity index (χ1) is 14.2. The van der Waals surface area contributed by atoms with Crippen molar-refractivity contribution < 1.29 is 9.53 Å². The highest BCUT2D eigenvalue weighted by atomic mass is 16.5. The molecule has 2 aromatic rings. The monoisotopic (exact) mass is 392 g/mol. The summed E-state index contributed by atoms with van der Waals surface area (Å²) < 4.78 is 6.61. The Balaban J connectivity index is 1.65. The maximum atomic E-state index is 12.7. The number of nitrogens with one attached hydrogen (secondary N) is 1. The van der Waals surface area contributed by atoms with Crippen LogP contribution in [0.4, 0.5) is 0 Å². The van der Waals surface area contributed by atoms with Crippen LogP contribution >= 0.6 is 0 Å². The number of carbonyl (C=O) groups is 1. The van der Waals surface area contributed by atoms with Gasteiger partial charge in [-0.2, -0.15) is 0 Å². The van der Waals surface area contributed by atoms with Crippen LogP contribution in [0.1, 0.15) is 66.9 Å². The molecule has 1 N–H and O–H groups in total. The number of ether oxygens (including phenoxy) is 1. The molecular weight excluding hydrogens is 360 g/mol. The molecule has 1 saturated heterocycles. The van der Waals surface area contributed by atoms with Gasteiger partial charge in [0.15, 0.2) is 0 Å². The van der Waals surface area contributed by atoms with Crippen molar-refractivity contribution in [2.24, 2.45) is 0 Å². The summed E-state index contributed by atoms with van der Waals surface area (Å²) in [5.41, 5.74) is 3.20. The van der Waals surface area contributed by atoms with Crippen LogP contribution in [0.5, 0.6) is 5.75 Å². The molecule has 4 rings (SSSR count). The maximum Gasteiger partial charge on any atom is 0.253 e. The number of nitrogens with zero attached hydrogens (tertiary/aromatic N) is 1. The van der Waals surface area contributed by atoms with Gasteiger partial charge in [-0.25, -0.2) is 0 Å². The summed E-state index contributed by atoms with van der Waals surface area (Å²) in [6.45, 7) is 7.60. The van der Waals surface area contributed by atoms with E-state index in [1.54, 1.807) is 0 Å². The summed E-state index contributed by atoms with van der Waals surface area (Å²) in [7, 11) is 0. The van der Waals surface area contributed by atoms with Gasteiger partial charge in [0.05, 0.1) is 0 Å². The average Bonchev–Trinajstić information content (AvgIpc) is 2.99. The zero-order valence-electron chi connectivity index (χ0n) is 17.6. The lowest BCUT2D eigenvalue weighted by atomic mass is 9.75. The summed E-state index contributed by atoms with van der Waals surface area (Å²) >= 11 is 0. The number of fused-ring (bicyclic) bond motifs is 1. The minimum Gasteiger partial charge on any atom is -0.487 e. The molecule has 1 fully saturated rings. The second-order valence-corrected chi connectivity index (χ2v) is 8.28. The van der Waals surface area contributed by atoms with Gasteiger partial charge in [0.25, 0.3) is 5.91 Å². The minimum absolute atomic E-state index is 0.0990. The predicted molar refractivity (Wildman–Crippen MR) is 117 cm³/mol. The Kier molecular flexibility index (Phi) is 5.91. The predicted octanol–water partition coefficient (Wildman–Crippen LogP) is 4.60. The summed E-state index contributed by atoms with van der Waals surface area (Å²) in [6.07, 6.45) is 4.26. The molecule has 2 aromatic carbocycles. The molecule has 2 aliphatic rings. The molecule has 0 radical (unpaired) electrons. The summed E-state index contributed by atoms with van der Waals surface area (Å²) in [4.78, 5) is 14.5. The standard InChI is InChI=1S/C25H32N2O2/c1-3-27(4-2)24(28)20-12-10-19(11-13-20)22-18-25(14-7-16-26-17-15-25)29-23-9-6-5-8-21(22)23/h5-6,8-13,22,26H,3-4,7,14-18H2,1-2H3. The Labute approximate surface area is 174 Å². The maximum absolute atomic E-state index is 12.7. The molecule has 2 heterocycles. The van der Waals surface area contributed by atoms with Crippen molar-refractivity contribution in [3.05, 3.63) is 65.2 Å². The molecule has 2 aliphatic heterocycles. The normalized spacial score (nSPS) is 23.7. The molecule has 1 amide bonds. The lowest BCUT2D eigenvalue weighted by Crippen LogP contribution is -2.42. The van der Waals surface area contributed by atoms with Crippen LogP contribution in [0, 0.1) is 0 Å². The smallest absolute Gasteiger partial charge is 0.253 e. The number of hydrogen-bond donors (Lipinski definition) is 1. The van der Waals surface area contributed by atoms with E-state index in [1.807, 2.05) is 30.9 Å². The van der Waals surface area contributed by atoms with Gasteiger partial charge in [0, 0.05) is 30.1 Å². The number of amides is 1. The Morgan fingerprint density at radius 2 is 1.83 bits per heavy atom. The van der Waals surface area contributed by atoms with Crippen molar-refractivity contribution >= 4 is 5.91 Å². The molecule has 4 heteroatoms. The fourth-order valence-electron chi connectivity index (χ4n) is 4.87. The molecule has 1 spiro atoms. The van der Waals surface area contributed by atoms with Gasteiger partial charge in [0.1, 0.15) is 11.4 Å². The topological polar surface area (TPSA) is 41.6 Å². The third-order valence-corrected chi connectivity index (χ3v) is 6.55. The van der Waals surface area contributed by atoms with Gasteiger partial charge >= 0.3 is 0 Å². The molecule has 0 saturated carbocycles. The molecule has 0 aromatic heterocycles. The highest BCUT2D eigenvalue weighted by molar-refractivity contribution is 5.94. The minimum atomic E-state index is -0.0990. The number of rotatable bonds is 4. The van der Waals surface area contributed by atoms with Gasteiger partial charge in [0.2, 0.25) is 0 Å². The van der Waals surface area contributed by atoms with Crippen LogP contribution in [0.3, 0.4) is 0 Å². The third-order valence-electron chi connectivity index (χ3n) is 6.55. The van der Waals surface area contributed by atoms with E-state index < -0.39 is 0 Å². The summed E-state index contributed by atoms with van der Waals surface area (Å²) in [5.74, 6) is 1.44. The van der Waals surface area contributed by atoms with Crippen LogP contribution < -0.4 is 10.1 Å². The Hall–Kier alpha value is -2.33. The average molecular weight is 393 g/mol. The van der Waals surface area contributed by atoms with E-state index in [1.165, 1.54) is 11.1 Å². The molecule has 154 valence electrons. The summed E-state index contributed by atoms with van der Waals surface area (Å²) in [5, 5.41) is 3.52. The largest absolute Gasteiger partial charge is 0.487 e. The zero-order valence-corrected chi connectivity index (χ0v) is 17.6. The second kappa shape index (κ2) is 8.58. The number of carbonyl (C=O) groups excluding carboxylic acids is 1. The van der Waals surface area contributed by atoms with Gasteiger partial charge in [-0.05, 0) is 76.4 Å². The lowest BCUT2D eigenvalue weighted by molar-refractivity contribution is 0.0281.